The van der Waals surface area contributed by atoms with Gasteiger partial charge >= 0.3 is 0 Å². The Morgan fingerprint density at radius 2 is 2.39 bits per heavy atom. The number of thiophene rings is 1. The predicted molar refractivity (Wildman–Crippen MR) is 74.0 cm³/mol. The first-order chi connectivity index (χ1) is 8.56. The third-order valence-electron chi connectivity index (χ3n) is 3.26. The topological polar surface area (TPSA) is 40.5 Å². The highest BCUT2D eigenvalue weighted by Crippen LogP contribution is 2.32. The highest BCUT2D eigenvalue weighted by atomic mass is 35.5. The number of halogens is 1. The Labute approximate surface area is 116 Å². The van der Waals surface area contributed by atoms with Crippen molar-refractivity contribution in [2.45, 2.75) is 31.8 Å². The maximum Gasteiger partial charge on any atom is 0.222 e. The van der Waals surface area contributed by atoms with Crippen molar-refractivity contribution >= 4 is 28.8 Å². The Balaban J connectivity index is 1.73. The van der Waals surface area contributed by atoms with Gasteiger partial charge in [0.15, 0.2) is 0 Å². The molecule has 1 saturated carbocycles. The lowest BCUT2D eigenvalue weighted by Gasteiger charge is -2.20. The van der Waals surface area contributed by atoms with E-state index in [9.17, 15) is 9.90 Å². The van der Waals surface area contributed by atoms with E-state index in [1.807, 2.05) is 11.4 Å². The Bertz CT molecular complexity index is 417. The maximum atomic E-state index is 11.9. The van der Waals surface area contributed by atoms with Crippen molar-refractivity contribution in [1.29, 1.82) is 0 Å². The molecule has 100 valence electrons. The lowest BCUT2D eigenvalue weighted by Crippen LogP contribution is -2.35. The average molecular weight is 288 g/mol. The molecule has 1 N–H and O–H groups in total. The normalized spacial score (nSPS) is 16.6. The van der Waals surface area contributed by atoms with Gasteiger partial charge in [-0.15, -0.1) is 11.3 Å². The van der Waals surface area contributed by atoms with Crippen molar-refractivity contribution in [3.05, 3.63) is 21.3 Å². The fourth-order valence-electron chi connectivity index (χ4n) is 1.92. The van der Waals surface area contributed by atoms with Crippen LogP contribution in [-0.4, -0.2) is 35.6 Å². The van der Waals surface area contributed by atoms with Gasteiger partial charge in [0.1, 0.15) is 0 Å². The van der Waals surface area contributed by atoms with E-state index in [1.165, 1.54) is 0 Å². The van der Waals surface area contributed by atoms with E-state index in [0.717, 1.165) is 29.2 Å². The summed E-state index contributed by atoms with van der Waals surface area (Å²) in [5.74, 6) is 0.496. The molecule has 1 aromatic rings. The molecule has 0 saturated heterocycles. The molecule has 1 fully saturated rings. The molecular weight excluding hydrogens is 270 g/mol. The van der Waals surface area contributed by atoms with E-state index in [2.05, 4.69) is 0 Å². The van der Waals surface area contributed by atoms with Gasteiger partial charge in [-0.25, -0.2) is 0 Å². The molecule has 0 radical (unpaired) electrons. The second kappa shape index (κ2) is 6.04. The summed E-state index contributed by atoms with van der Waals surface area (Å²) >= 11 is 7.41. The molecule has 1 atom stereocenters. The van der Waals surface area contributed by atoms with E-state index in [-0.39, 0.29) is 12.0 Å². The molecule has 0 spiro atoms. The van der Waals surface area contributed by atoms with Crippen molar-refractivity contribution < 1.29 is 9.90 Å². The van der Waals surface area contributed by atoms with Gasteiger partial charge in [-0.1, -0.05) is 11.6 Å². The van der Waals surface area contributed by atoms with E-state index in [4.69, 9.17) is 11.6 Å². The lowest BCUT2D eigenvalue weighted by atomic mass is 10.2. The highest BCUT2D eigenvalue weighted by molar-refractivity contribution is 7.10. The first-order valence-electron chi connectivity index (χ1n) is 6.21. The van der Waals surface area contributed by atoms with Crippen molar-refractivity contribution in [3.63, 3.8) is 0 Å². The number of aliphatic hydroxyl groups is 1. The fourth-order valence-corrected chi connectivity index (χ4v) is 3.00. The summed E-state index contributed by atoms with van der Waals surface area (Å²) in [5.41, 5.74) is 0. The number of aryl methyl sites for hydroxylation is 1. The summed E-state index contributed by atoms with van der Waals surface area (Å²) in [5, 5.41) is 12.4. The molecule has 1 unspecified atom stereocenters. The monoisotopic (exact) mass is 287 g/mol. The minimum absolute atomic E-state index is 0.0826. The van der Waals surface area contributed by atoms with Crippen LogP contribution in [0.2, 0.25) is 5.02 Å². The van der Waals surface area contributed by atoms with Gasteiger partial charge in [0, 0.05) is 30.3 Å². The first kappa shape index (κ1) is 13.8. The predicted octanol–water partition coefficient (Wildman–Crippen LogP) is 2.56. The Kier molecular flexibility index (Phi) is 4.65. The molecule has 0 bridgehead atoms. The summed E-state index contributed by atoms with van der Waals surface area (Å²) in [6, 6.07) is 1.90. The van der Waals surface area contributed by atoms with Crippen LogP contribution in [0.3, 0.4) is 0 Å². The van der Waals surface area contributed by atoms with Gasteiger partial charge in [0.25, 0.3) is 0 Å². The van der Waals surface area contributed by atoms with Crippen LogP contribution in [0.15, 0.2) is 11.4 Å². The zero-order chi connectivity index (χ0) is 13.1. The standard InChI is InChI=1S/C13H18ClNO2S/c1-15(7-12(16)9-2-3-9)13(17)5-4-11-6-10(14)8-18-11/h6,8-9,12,16H,2-5,7H2,1H3. The van der Waals surface area contributed by atoms with Crippen LogP contribution in [0.5, 0.6) is 0 Å². The van der Waals surface area contributed by atoms with E-state index in [0.29, 0.717) is 18.9 Å². The number of rotatable bonds is 6. The third-order valence-corrected chi connectivity index (χ3v) is 4.60. The second-order valence-electron chi connectivity index (χ2n) is 4.91. The van der Waals surface area contributed by atoms with E-state index >= 15 is 0 Å². The molecule has 5 heteroatoms. The van der Waals surface area contributed by atoms with Crippen LogP contribution in [-0.2, 0) is 11.2 Å². The van der Waals surface area contributed by atoms with Gasteiger partial charge in [0.05, 0.1) is 11.1 Å². The molecule has 0 aromatic carbocycles. The fraction of sp³-hybridized carbons (Fsp3) is 0.615. The van der Waals surface area contributed by atoms with Crippen molar-refractivity contribution in [1.82, 2.24) is 4.90 Å². The van der Waals surface area contributed by atoms with Crippen LogP contribution < -0.4 is 0 Å². The number of hydrogen-bond acceptors (Lipinski definition) is 3. The van der Waals surface area contributed by atoms with E-state index in [1.54, 1.807) is 23.3 Å². The zero-order valence-corrected chi connectivity index (χ0v) is 12.0. The maximum absolute atomic E-state index is 11.9. The minimum Gasteiger partial charge on any atom is -0.391 e. The zero-order valence-electron chi connectivity index (χ0n) is 10.4. The SMILES string of the molecule is CN(CC(O)C1CC1)C(=O)CCc1cc(Cl)cs1. The molecular formula is C13H18ClNO2S. The van der Waals surface area contributed by atoms with Crippen LogP contribution in [0.4, 0.5) is 0 Å². The summed E-state index contributed by atoms with van der Waals surface area (Å²) in [7, 11) is 1.76. The number of amides is 1. The van der Waals surface area contributed by atoms with Gasteiger partial charge in [0.2, 0.25) is 5.91 Å². The first-order valence-corrected chi connectivity index (χ1v) is 7.47. The third kappa shape index (κ3) is 3.97. The highest BCUT2D eigenvalue weighted by Gasteiger charge is 2.30. The quantitative estimate of drug-likeness (QED) is 0.873. The second-order valence-corrected chi connectivity index (χ2v) is 6.34. The Hall–Kier alpha value is -0.580. The molecule has 0 aliphatic heterocycles. The summed E-state index contributed by atoms with van der Waals surface area (Å²) in [6.45, 7) is 0.453. The molecule has 1 heterocycles. The number of carbonyl (C=O) groups excluding carboxylic acids is 1. The Morgan fingerprint density at radius 3 is 2.94 bits per heavy atom. The molecule has 1 amide bonds. The molecule has 1 aromatic heterocycles. The van der Waals surface area contributed by atoms with Gasteiger partial charge in [-0.05, 0) is 31.2 Å². The van der Waals surface area contributed by atoms with E-state index < -0.39 is 0 Å². The van der Waals surface area contributed by atoms with Crippen molar-refractivity contribution in [3.8, 4) is 0 Å². The number of nitrogens with zero attached hydrogens (tertiary/aromatic N) is 1. The molecule has 1 aliphatic carbocycles. The van der Waals surface area contributed by atoms with Crippen LogP contribution in [0.25, 0.3) is 0 Å². The van der Waals surface area contributed by atoms with Crippen LogP contribution >= 0.6 is 22.9 Å². The smallest absolute Gasteiger partial charge is 0.222 e. The summed E-state index contributed by atoms with van der Waals surface area (Å²) in [4.78, 5) is 14.7. The number of carbonyl (C=O) groups is 1. The van der Waals surface area contributed by atoms with Crippen LogP contribution in [0.1, 0.15) is 24.1 Å². The summed E-state index contributed by atoms with van der Waals surface area (Å²) in [6.07, 6.45) is 3.04. The average Bonchev–Trinajstić information content (AvgIpc) is 3.10. The largest absolute Gasteiger partial charge is 0.391 e. The van der Waals surface area contributed by atoms with Crippen molar-refractivity contribution in [2.24, 2.45) is 5.92 Å². The van der Waals surface area contributed by atoms with Gasteiger partial charge in [-0.3, -0.25) is 4.79 Å². The molecule has 1 aliphatic rings. The number of likely N-dealkylation sites (N-methyl/N-ethyl adjacent to an activating group) is 1. The lowest BCUT2D eigenvalue weighted by molar-refractivity contribution is -0.131. The Morgan fingerprint density at radius 1 is 1.67 bits per heavy atom. The minimum atomic E-state index is -0.352. The molecule has 18 heavy (non-hydrogen) atoms. The van der Waals surface area contributed by atoms with Gasteiger partial charge in [-0.2, -0.15) is 0 Å². The van der Waals surface area contributed by atoms with Gasteiger partial charge < -0.3 is 10.0 Å². The molecule has 3 nitrogen and oxygen atoms in total. The molecule has 2 rings (SSSR count). The van der Waals surface area contributed by atoms with Crippen LogP contribution in [0, 0.1) is 5.92 Å². The number of hydrogen-bond donors (Lipinski definition) is 1. The number of aliphatic hydroxyl groups excluding tert-OH is 1. The van der Waals surface area contributed by atoms with Crippen molar-refractivity contribution in [2.75, 3.05) is 13.6 Å². The summed E-state index contributed by atoms with van der Waals surface area (Å²) < 4.78 is 0.